The minimum Gasteiger partial charge on any atom is -0.454 e. The van der Waals surface area contributed by atoms with Crippen molar-refractivity contribution in [2.24, 2.45) is 0 Å². The van der Waals surface area contributed by atoms with Gasteiger partial charge in [0, 0.05) is 17.7 Å². The van der Waals surface area contributed by atoms with E-state index in [0.29, 0.717) is 11.5 Å². The van der Waals surface area contributed by atoms with Gasteiger partial charge >= 0.3 is 6.18 Å². The van der Waals surface area contributed by atoms with Crippen LogP contribution in [0.25, 0.3) is 6.08 Å². The number of ether oxygens (including phenoxy) is 2. The predicted molar refractivity (Wildman–Crippen MR) is 96.7 cm³/mol. The van der Waals surface area contributed by atoms with Crippen LogP contribution in [0.4, 0.5) is 18.9 Å². The fraction of sp³-hybridized carbons (Fsp3) is 0.158. The Morgan fingerprint density at radius 2 is 1.82 bits per heavy atom. The average Bonchev–Trinajstić information content (AvgIpc) is 3.06. The van der Waals surface area contributed by atoms with Gasteiger partial charge in [-0.25, -0.2) is 0 Å². The molecule has 0 aromatic heterocycles. The number of Topliss-reactive ketones (excluding diaryl/α,β-unsaturated/α-hetero) is 1. The third kappa shape index (κ3) is 4.28. The molecule has 0 aliphatic carbocycles. The van der Waals surface area contributed by atoms with Crippen LogP contribution in [0, 0.1) is 0 Å². The van der Waals surface area contributed by atoms with Gasteiger partial charge in [0.15, 0.2) is 17.3 Å². The molecule has 0 atom stereocenters. The van der Waals surface area contributed by atoms with Crippen LogP contribution in [-0.4, -0.2) is 18.5 Å². The minimum absolute atomic E-state index is 0.00207. The van der Waals surface area contributed by atoms with Gasteiger partial charge in [0.25, 0.3) is 0 Å². The molecular formula is C19H13ClF3NO4. The summed E-state index contributed by atoms with van der Waals surface area (Å²) in [7, 11) is 0. The highest BCUT2D eigenvalue weighted by molar-refractivity contribution is 6.31. The van der Waals surface area contributed by atoms with Crippen LogP contribution in [0.2, 0.25) is 5.02 Å². The molecule has 0 radical (unpaired) electrons. The van der Waals surface area contributed by atoms with Crippen molar-refractivity contribution in [3.05, 3.63) is 58.1 Å². The first-order valence-corrected chi connectivity index (χ1v) is 8.33. The molecule has 1 heterocycles. The maximum Gasteiger partial charge on any atom is 0.417 e. The quantitative estimate of drug-likeness (QED) is 0.571. The van der Waals surface area contributed by atoms with E-state index in [1.165, 1.54) is 31.2 Å². The number of alkyl halides is 3. The van der Waals surface area contributed by atoms with Crippen LogP contribution in [0.15, 0.2) is 36.4 Å². The number of hydrogen-bond acceptors (Lipinski definition) is 4. The molecule has 0 saturated heterocycles. The highest BCUT2D eigenvalue weighted by atomic mass is 35.5. The van der Waals surface area contributed by atoms with E-state index in [0.717, 1.165) is 18.2 Å². The van der Waals surface area contributed by atoms with Gasteiger partial charge in [-0.3, -0.25) is 9.59 Å². The van der Waals surface area contributed by atoms with Crippen LogP contribution in [0.5, 0.6) is 11.5 Å². The van der Waals surface area contributed by atoms with Crippen LogP contribution >= 0.6 is 11.6 Å². The Morgan fingerprint density at radius 1 is 1.14 bits per heavy atom. The van der Waals surface area contributed by atoms with Gasteiger partial charge in [-0.2, -0.15) is 13.2 Å². The van der Waals surface area contributed by atoms with Gasteiger partial charge in [0.2, 0.25) is 12.7 Å². The van der Waals surface area contributed by atoms with Crippen molar-refractivity contribution in [2.75, 3.05) is 12.1 Å². The molecule has 2 aromatic carbocycles. The Bertz CT molecular complexity index is 986. The Morgan fingerprint density at radius 3 is 2.46 bits per heavy atom. The van der Waals surface area contributed by atoms with Gasteiger partial charge in [0.1, 0.15) is 0 Å². The van der Waals surface area contributed by atoms with Crippen molar-refractivity contribution >= 4 is 35.1 Å². The van der Waals surface area contributed by atoms with E-state index in [-0.39, 0.29) is 29.4 Å². The second kappa shape index (κ2) is 7.55. The summed E-state index contributed by atoms with van der Waals surface area (Å²) < 4.78 is 49.1. The fourth-order valence-electron chi connectivity index (χ4n) is 2.55. The molecule has 0 unspecified atom stereocenters. The molecule has 0 bridgehead atoms. The minimum atomic E-state index is -4.61. The van der Waals surface area contributed by atoms with Crippen LogP contribution in [0.3, 0.4) is 0 Å². The van der Waals surface area contributed by atoms with E-state index >= 15 is 0 Å². The first-order chi connectivity index (χ1) is 13.1. The van der Waals surface area contributed by atoms with Crippen molar-refractivity contribution < 1.29 is 32.2 Å². The molecule has 2 aromatic rings. The molecule has 28 heavy (non-hydrogen) atoms. The lowest BCUT2D eigenvalue weighted by molar-refractivity contribution is -0.137. The molecule has 1 N–H and O–H groups in total. The first kappa shape index (κ1) is 19.8. The van der Waals surface area contributed by atoms with Crippen molar-refractivity contribution in [3.63, 3.8) is 0 Å². The predicted octanol–water partition coefficient (Wildman–Crippen LogP) is 4.94. The number of ketones is 1. The smallest absolute Gasteiger partial charge is 0.417 e. The first-order valence-electron chi connectivity index (χ1n) is 7.95. The van der Waals surface area contributed by atoms with Gasteiger partial charge < -0.3 is 14.8 Å². The van der Waals surface area contributed by atoms with Gasteiger partial charge in [-0.15, -0.1) is 0 Å². The molecule has 1 aliphatic heterocycles. The van der Waals surface area contributed by atoms with E-state index in [1.54, 1.807) is 0 Å². The fourth-order valence-corrected chi connectivity index (χ4v) is 2.77. The highest BCUT2D eigenvalue weighted by Crippen LogP contribution is 2.37. The summed E-state index contributed by atoms with van der Waals surface area (Å²) in [5.41, 5.74) is -0.425. The summed E-state index contributed by atoms with van der Waals surface area (Å²) in [6.07, 6.45) is -2.34. The standard InChI is InChI=1S/C19H13ClF3NO4/c1-10(25)12-7-16-17(28-9-27-16)8-15(12)24-18(26)5-3-11-2-4-14(20)13(6-11)19(21,22)23/h2-8H,9H2,1H3,(H,24,26). The molecule has 0 fully saturated rings. The lowest BCUT2D eigenvalue weighted by atomic mass is 10.1. The number of hydrogen-bond donors (Lipinski definition) is 1. The second-order valence-electron chi connectivity index (χ2n) is 5.87. The monoisotopic (exact) mass is 411 g/mol. The van der Waals surface area contributed by atoms with Crippen molar-refractivity contribution in [3.8, 4) is 11.5 Å². The third-order valence-electron chi connectivity index (χ3n) is 3.87. The Hall–Kier alpha value is -3.00. The Balaban J connectivity index is 1.81. The van der Waals surface area contributed by atoms with E-state index < -0.39 is 22.7 Å². The number of benzene rings is 2. The summed E-state index contributed by atoms with van der Waals surface area (Å²) in [6.45, 7) is 1.33. The molecule has 9 heteroatoms. The molecular weight excluding hydrogens is 399 g/mol. The third-order valence-corrected chi connectivity index (χ3v) is 4.20. The van der Waals surface area contributed by atoms with Gasteiger partial charge in [0.05, 0.1) is 16.3 Å². The number of carbonyl (C=O) groups excluding carboxylic acids is 2. The highest BCUT2D eigenvalue weighted by Gasteiger charge is 2.33. The second-order valence-corrected chi connectivity index (χ2v) is 6.27. The molecule has 5 nitrogen and oxygen atoms in total. The van der Waals surface area contributed by atoms with E-state index in [4.69, 9.17) is 21.1 Å². The molecule has 0 saturated carbocycles. The summed E-state index contributed by atoms with van der Waals surface area (Å²) >= 11 is 5.57. The number of nitrogens with one attached hydrogen (secondary N) is 1. The zero-order valence-corrected chi connectivity index (χ0v) is 15.1. The number of carbonyl (C=O) groups is 2. The molecule has 1 amide bonds. The van der Waals surface area contributed by atoms with Gasteiger partial charge in [-0.05, 0) is 36.8 Å². The summed E-state index contributed by atoms with van der Waals surface area (Å²) in [4.78, 5) is 24.0. The van der Waals surface area contributed by atoms with Crippen LogP contribution < -0.4 is 14.8 Å². The van der Waals surface area contributed by atoms with E-state index in [2.05, 4.69) is 5.32 Å². The zero-order valence-electron chi connectivity index (χ0n) is 14.4. The normalized spacial score (nSPS) is 13.0. The molecule has 3 rings (SSSR count). The number of amides is 1. The lowest BCUT2D eigenvalue weighted by Gasteiger charge is -2.10. The summed E-state index contributed by atoms with van der Waals surface area (Å²) in [5.74, 6) is -0.175. The average molecular weight is 412 g/mol. The number of rotatable bonds is 4. The Labute approximate surface area is 162 Å². The van der Waals surface area contributed by atoms with Crippen molar-refractivity contribution in [1.29, 1.82) is 0 Å². The van der Waals surface area contributed by atoms with E-state index in [1.807, 2.05) is 0 Å². The van der Waals surface area contributed by atoms with Crippen molar-refractivity contribution in [1.82, 2.24) is 0 Å². The van der Waals surface area contributed by atoms with E-state index in [9.17, 15) is 22.8 Å². The Kier molecular flexibility index (Phi) is 5.33. The zero-order chi connectivity index (χ0) is 20.5. The number of fused-ring (bicyclic) bond motifs is 1. The van der Waals surface area contributed by atoms with Gasteiger partial charge in [-0.1, -0.05) is 17.7 Å². The molecule has 1 aliphatic rings. The summed E-state index contributed by atoms with van der Waals surface area (Å²) in [5, 5.41) is 2.09. The largest absolute Gasteiger partial charge is 0.454 e. The topological polar surface area (TPSA) is 64.6 Å². The SMILES string of the molecule is CC(=O)c1cc2c(cc1NC(=O)C=Cc1ccc(Cl)c(C(F)(F)F)c1)OCO2. The molecule has 0 spiro atoms. The van der Waals surface area contributed by atoms with Crippen molar-refractivity contribution in [2.45, 2.75) is 13.1 Å². The number of halogens is 4. The number of anilines is 1. The van der Waals surface area contributed by atoms with Crippen LogP contribution in [-0.2, 0) is 11.0 Å². The maximum atomic E-state index is 12.9. The lowest BCUT2D eigenvalue weighted by Crippen LogP contribution is -2.11. The van der Waals surface area contributed by atoms with Crippen LogP contribution in [0.1, 0.15) is 28.4 Å². The molecule has 146 valence electrons. The summed E-state index contributed by atoms with van der Waals surface area (Å²) in [6, 6.07) is 6.21. The maximum absolute atomic E-state index is 12.9.